The molecule has 2 aromatic heterocycles. The molecule has 1 atom stereocenters. The fourth-order valence-electron chi connectivity index (χ4n) is 3.38. The molecule has 0 amide bonds. The molecule has 4 rings (SSSR count). The van der Waals surface area contributed by atoms with Crippen molar-refractivity contribution in [1.29, 1.82) is 0 Å². The molecule has 1 N–H and O–H groups in total. The van der Waals surface area contributed by atoms with E-state index in [1.165, 1.54) is 18.4 Å². The van der Waals surface area contributed by atoms with Crippen LogP contribution in [-0.2, 0) is 20.1 Å². The first kappa shape index (κ1) is 16.0. The van der Waals surface area contributed by atoms with Crippen molar-refractivity contribution >= 4 is 11.0 Å². The summed E-state index contributed by atoms with van der Waals surface area (Å²) in [5.41, 5.74) is 1.79. The van der Waals surface area contributed by atoms with Gasteiger partial charge in [-0.15, -0.1) is 0 Å². The van der Waals surface area contributed by atoms with Crippen LogP contribution in [0.1, 0.15) is 31.2 Å². The van der Waals surface area contributed by atoms with E-state index in [1.807, 2.05) is 13.1 Å². The van der Waals surface area contributed by atoms with Gasteiger partial charge >= 0.3 is 0 Å². The van der Waals surface area contributed by atoms with Gasteiger partial charge in [0, 0.05) is 19.6 Å². The third-order valence-electron chi connectivity index (χ3n) is 5.11. The van der Waals surface area contributed by atoms with Crippen LogP contribution in [0.25, 0.3) is 11.0 Å². The first-order valence-electron chi connectivity index (χ1n) is 8.80. The van der Waals surface area contributed by atoms with Crippen LogP contribution in [-0.4, -0.2) is 30.7 Å². The Bertz CT molecular complexity index is 926. The first-order chi connectivity index (χ1) is 12.1. The van der Waals surface area contributed by atoms with Gasteiger partial charge in [-0.05, 0) is 31.2 Å². The summed E-state index contributed by atoms with van der Waals surface area (Å²) in [6.45, 7) is 3.76. The predicted molar refractivity (Wildman–Crippen MR) is 97.0 cm³/mol. The van der Waals surface area contributed by atoms with Crippen LogP contribution < -0.4 is 5.56 Å². The minimum Gasteiger partial charge on any atom is -0.309 e. The molecule has 3 aromatic rings. The van der Waals surface area contributed by atoms with Crippen LogP contribution in [0.5, 0.6) is 0 Å². The van der Waals surface area contributed by atoms with Gasteiger partial charge in [0.2, 0.25) is 0 Å². The van der Waals surface area contributed by atoms with Crippen molar-refractivity contribution in [3.63, 3.8) is 0 Å². The number of nitrogens with zero attached hydrogens (tertiary/aromatic N) is 4. The maximum Gasteiger partial charge on any atom is 0.262 e. The lowest BCUT2D eigenvalue weighted by molar-refractivity contribution is 0.167. The van der Waals surface area contributed by atoms with Gasteiger partial charge in [0.05, 0.1) is 12.7 Å². The van der Waals surface area contributed by atoms with Gasteiger partial charge in [-0.25, -0.2) is 4.98 Å². The number of rotatable bonds is 6. The van der Waals surface area contributed by atoms with E-state index in [0.29, 0.717) is 29.4 Å². The van der Waals surface area contributed by atoms with Crippen molar-refractivity contribution in [1.82, 2.24) is 24.6 Å². The van der Waals surface area contributed by atoms with Gasteiger partial charge in [-0.1, -0.05) is 30.3 Å². The van der Waals surface area contributed by atoms with Crippen molar-refractivity contribution < 1.29 is 0 Å². The molecule has 6 nitrogen and oxygen atoms in total. The van der Waals surface area contributed by atoms with Crippen molar-refractivity contribution in [2.45, 2.75) is 38.9 Å². The van der Waals surface area contributed by atoms with Crippen LogP contribution in [0, 0.1) is 5.92 Å². The zero-order valence-corrected chi connectivity index (χ0v) is 14.6. The Morgan fingerprint density at radius 1 is 1.28 bits per heavy atom. The first-order valence-corrected chi connectivity index (χ1v) is 8.80. The van der Waals surface area contributed by atoms with Gasteiger partial charge in [0.1, 0.15) is 11.2 Å². The zero-order chi connectivity index (χ0) is 17.4. The molecule has 0 spiro atoms. The minimum absolute atomic E-state index is 0.119. The number of H-pyrrole nitrogens is 1. The Morgan fingerprint density at radius 2 is 2.04 bits per heavy atom. The summed E-state index contributed by atoms with van der Waals surface area (Å²) in [4.78, 5) is 22.3. The second kappa shape index (κ2) is 6.44. The van der Waals surface area contributed by atoms with Crippen LogP contribution in [0.4, 0.5) is 0 Å². The highest BCUT2D eigenvalue weighted by Crippen LogP contribution is 2.36. The summed E-state index contributed by atoms with van der Waals surface area (Å²) in [5.74, 6) is 1.44. The summed E-state index contributed by atoms with van der Waals surface area (Å²) in [5, 5.41) is 4.68. The second-order valence-corrected chi connectivity index (χ2v) is 6.99. The molecule has 1 aromatic carbocycles. The molecular weight excluding hydrogens is 314 g/mol. The maximum atomic E-state index is 12.3. The van der Waals surface area contributed by atoms with Crippen molar-refractivity contribution in [2.75, 3.05) is 0 Å². The van der Waals surface area contributed by atoms with E-state index >= 15 is 0 Å². The van der Waals surface area contributed by atoms with Gasteiger partial charge in [-0.3, -0.25) is 14.4 Å². The molecule has 2 heterocycles. The number of aromatic amines is 1. The molecule has 0 radical (unpaired) electrons. The van der Waals surface area contributed by atoms with E-state index in [-0.39, 0.29) is 5.56 Å². The van der Waals surface area contributed by atoms with E-state index < -0.39 is 0 Å². The number of fused-ring (bicyclic) bond motifs is 1. The SMILES string of the molecule is C[C@H](C1CC1)N(Cc1ccccc1)Cc1nc2c(cnn2C)c(=O)[nH]1. The second-order valence-electron chi connectivity index (χ2n) is 6.99. The molecule has 1 aliphatic rings. The Morgan fingerprint density at radius 3 is 2.76 bits per heavy atom. The summed E-state index contributed by atoms with van der Waals surface area (Å²) >= 11 is 0. The lowest BCUT2D eigenvalue weighted by atomic mass is 10.1. The lowest BCUT2D eigenvalue weighted by Gasteiger charge is -2.28. The van der Waals surface area contributed by atoms with E-state index in [2.05, 4.69) is 51.2 Å². The number of hydrogen-bond acceptors (Lipinski definition) is 4. The molecule has 25 heavy (non-hydrogen) atoms. The Balaban J connectivity index is 1.63. The van der Waals surface area contributed by atoms with E-state index in [0.717, 1.165) is 12.5 Å². The standard InChI is InChI=1S/C19H23N5O/c1-13(15-8-9-15)24(11-14-6-4-3-5-7-14)12-17-21-18-16(19(25)22-17)10-20-23(18)2/h3-7,10,13,15H,8-9,11-12H2,1-2H3,(H,21,22,25)/t13-/m1/s1. The van der Waals surface area contributed by atoms with Crippen LogP contribution >= 0.6 is 0 Å². The zero-order valence-electron chi connectivity index (χ0n) is 14.6. The smallest absolute Gasteiger partial charge is 0.262 e. The lowest BCUT2D eigenvalue weighted by Crippen LogP contribution is -2.35. The summed E-state index contributed by atoms with van der Waals surface area (Å²) in [6, 6.07) is 10.9. The molecule has 1 fully saturated rings. The molecule has 1 aliphatic carbocycles. The topological polar surface area (TPSA) is 66.8 Å². The molecule has 0 saturated heterocycles. The third kappa shape index (κ3) is 3.35. The highest BCUT2D eigenvalue weighted by molar-refractivity contribution is 5.72. The fourth-order valence-corrected chi connectivity index (χ4v) is 3.38. The molecule has 6 heteroatoms. The summed E-state index contributed by atoms with van der Waals surface area (Å²) in [6.07, 6.45) is 4.15. The Kier molecular flexibility index (Phi) is 4.13. The van der Waals surface area contributed by atoms with Gasteiger partial charge < -0.3 is 4.98 Å². The number of nitrogens with one attached hydrogen (secondary N) is 1. The van der Waals surface area contributed by atoms with E-state index in [1.54, 1.807) is 10.9 Å². The number of hydrogen-bond donors (Lipinski definition) is 1. The average Bonchev–Trinajstić information content (AvgIpc) is 3.39. The molecule has 0 unspecified atom stereocenters. The molecule has 0 bridgehead atoms. The van der Waals surface area contributed by atoms with Gasteiger partial charge in [0.15, 0.2) is 5.65 Å². The largest absolute Gasteiger partial charge is 0.309 e. The van der Waals surface area contributed by atoms with Crippen molar-refractivity contribution in [3.8, 4) is 0 Å². The molecule has 130 valence electrons. The highest BCUT2D eigenvalue weighted by atomic mass is 16.1. The summed E-state index contributed by atoms with van der Waals surface area (Å²) < 4.78 is 1.65. The molecular formula is C19H23N5O. The maximum absolute atomic E-state index is 12.3. The summed E-state index contributed by atoms with van der Waals surface area (Å²) in [7, 11) is 1.81. The van der Waals surface area contributed by atoms with Gasteiger partial charge in [-0.2, -0.15) is 5.10 Å². The number of aryl methyl sites for hydroxylation is 1. The molecule has 1 saturated carbocycles. The van der Waals surface area contributed by atoms with Gasteiger partial charge in [0.25, 0.3) is 5.56 Å². The van der Waals surface area contributed by atoms with Crippen LogP contribution in [0.2, 0.25) is 0 Å². The minimum atomic E-state index is -0.119. The van der Waals surface area contributed by atoms with E-state index in [4.69, 9.17) is 0 Å². The van der Waals surface area contributed by atoms with Crippen LogP contribution in [0.15, 0.2) is 41.3 Å². The third-order valence-corrected chi connectivity index (χ3v) is 5.11. The normalized spacial score (nSPS) is 15.8. The number of aromatic nitrogens is 4. The predicted octanol–water partition coefficient (Wildman–Crippen LogP) is 2.46. The van der Waals surface area contributed by atoms with Crippen molar-refractivity contribution in [2.24, 2.45) is 13.0 Å². The monoisotopic (exact) mass is 337 g/mol. The average molecular weight is 337 g/mol. The number of benzene rings is 1. The highest BCUT2D eigenvalue weighted by Gasteiger charge is 2.32. The molecule has 0 aliphatic heterocycles. The Labute approximate surface area is 146 Å². The van der Waals surface area contributed by atoms with E-state index in [9.17, 15) is 4.79 Å². The fraction of sp³-hybridized carbons (Fsp3) is 0.421. The van der Waals surface area contributed by atoms with Crippen LogP contribution in [0.3, 0.4) is 0 Å². The quantitative estimate of drug-likeness (QED) is 0.750. The van der Waals surface area contributed by atoms with Crippen molar-refractivity contribution in [3.05, 3.63) is 58.3 Å². The Hall–Kier alpha value is -2.47.